The number of halogens is 1. The number of nitrogens with one attached hydrogen (secondary N) is 1. The molecule has 0 unspecified atom stereocenters. The number of pyridine rings is 1. The van der Waals surface area contributed by atoms with Crippen molar-refractivity contribution < 1.29 is 4.74 Å². The minimum atomic E-state index is 0.471. The highest BCUT2D eigenvalue weighted by Gasteiger charge is 2.11. The number of ether oxygens (including phenoxy) is 1. The molecule has 0 bridgehead atoms. The van der Waals surface area contributed by atoms with Crippen molar-refractivity contribution in [2.24, 2.45) is 5.84 Å². The molecular formula is C13H16BrN3O. The molecule has 1 aromatic heterocycles. The number of nitrogens with two attached hydrogens (primary N) is 1. The summed E-state index contributed by atoms with van der Waals surface area (Å²) in [6.07, 6.45) is 0. The van der Waals surface area contributed by atoms with Gasteiger partial charge in [-0.05, 0) is 37.1 Å². The van der Waals surface area contributed by atoms with Gasteiger partial charge in [-0.1, -0.05) is 15.9 Å². The van der Waals surface area contributed by atoms with Gasteiger partial charge in [0.05, 0.1) is 23.5 Å². The van der Waals surface area contributed by atoms with E-state index in [4.69, 9.17) is 10.6 Å². The summed E-state index contributed by atoms with van der Waals surface area (Å²) in [6, 6.07) is 3.97. The Morgan fingerprint density at radius 3 is 2.72 bits per heavy atom. The number of nitrogen functional groups attached to an aromatic ring is 1. The lowest BCUT2D eigenvalue weighted by molar-refractivity contribution is 0.182. The molecule has 0 spiro atoms. The SMILES string of the molecule is COCc1cc(NN)c2c(C)c(Br)c(C)cc2n1. The van der Waals surface area contributed by atoms with Gasteiger partial charge in [-0.25, -0.2) is 0 Å². The maximum atomic E-state index is 5.60. The Morgan fingerprint density at radius 1 is 1.39 bits per heavy atom. The van der Waals surface area contributed by atoms with Gasteiger partial charge in [-0.2, -0.15) is 0 Å². The van der Waals surface area contributed by atoms with Gasteiger partial charge < -0.3 is 10.2 Å². The number of aryl methyl sites for hydroxylation is 2. The molecule has 1 aromatic carbocycles. The molecule has 2 rings (SSSR count). The van der Waals surface area contributed by atoms with E-state index < -0.39 is 0 Å². The summed E-state index contributed by atoms with van der Waals surface area (Å²) in [4.78, 5) is 4.59. The molecule has 5 heteroatoms. The third-order valence-electron chi connectivity index (χ3n) is 2.95. The summed E-state index contributed by atoms with van der Waals surface area (Å²) < 4.78 is 6.21. The molecule has 1 heterocycles. The predicted octanol–water partition coefficient (Wildman–Crippen LogP) is 3.05. The van der Waals surface area contributed by atoms with Crippen LogP contribution in [-0.4, -0.2) is 12.1 Å². The molecule has 0 aliphatic rings. The van der Waals surface area contributed by atoms with Crippen LogP contribution in [0.4, 0.5) is 5.69 Å². The van der Waals surface area contributed by atoms with E-state index in [0.717, 1.165) is 37.9 Å². The molecule has 0 radical (unpaired) electrons. The number of anilines is 1. The van der Waals surface area contributed by atoms with Crippen LogP contribution in [0.25, 0.3) is 10.9 Å². The average Bonchev–Trinajstić information content (AvgIpc) is 2.35. The van der Waals surface area contributed by atoms with Crippen molar-refractivity contribution in [3.8, 4) is 0 Å². The topological polar surface area (TPSA) is 60.2 Å². The van der Waals surface area contributed by atoms with Crippen molar-refractivity contribution in [2.45, 2.75) is 20.5 Å². The lowest BCUT2D eigenvalue weighted by Crippen LogP contribution is -2.09. The van der Waals surface area contributed by atoms with Crippen LogP contribution in [0.15, 0.2) is 16.6 Å². The second-order valence-corrected chi connectivity index (χ2v) is 5.06. The quantitative estimate of drug-likeness (QED) is 0.676. The second kappa shape index (κ2) is 5.22. The number of hydrazine groups is 1. The van der Waals surface area contributed by atoms with Crippen LogP contribution in [0.1, 0.15) is 16.8 Å². The Bertz CT molecular complexity index is 599. The maximum Gasteiger partial charge on any atom is 0.0885 e. The van der Waals surface area contributed by atoms with Crippen LogP contribution >= 0.6 is 15.9 Å². The number of methoxy groups -OCH3 is 1. The standard InChI is InChI=1S/C13H16BrN3O/c1-7-4-10-12(8(2)13(7)14)11(17-15)5-9(16-10)6-18-3/h4-5H,6,15H2,1-3H3,(H,16,17). The van der Waals surface area contributed by atoms with E-state index in [1.54, 1.807) is 7.11 Å². The normalized spacial score (nSPS) is 10.9. The fourth-order valence-corrected chi connectivity index (χ4v) is 2.44. The van der Waals surface area contributed by atoms with Crippen LogP contribution in [0.3, 0.4) is 0 Å². The Kier molecular flexibility index (Phi) is 3.85. The van der Waals surface area contributed by atoms with Gasteiger partial charge in [-0.3, -0.25) is 10.8 Å². The molecule has 0 aliphatic carbocycles. The van der Waals surface area contributed by atoms with Crippen LogP contribution in [-0.2, 0) is 11.3 Å². The zero-order valence-electron chi connectivity index (χ0n) is 10.7. The molecule has 0 saturated carbocycles. The summed E-state index contributed by atoms with van der Waals surface area (Å²) in [5, 5.41) is 1.04. The second-order valence-electron chi connectivity index (χ2n) is 4.27. The molecule has 96 valence electrons. The lowest BCUT2D eigenvalue weighted by atomic mass is 10.0. The smallest absolute Gasteiger partial charge is 0.0885 e. The van der Waals surface area contributed by atoms with E-state index in [9.17, 15) is 0 Å². The van der Waals surface area contributed by atoms with Gasteiger partial charge >= 0.3 is 0 Å². The molecule has 3 N–H and O–H groups in total. The van der Waals surface area contributed by atoms with Crippen LogP contribution in [0, 0.1) is 13.8 Å². The molecule has 0 saturated heterocycles. The summed E-state index contributed by atoms with van der Waals surface area (Å²) in [6.45, 7) is 4.58. The minimum Gasteiger partial charge on any atom is -0.378 e. The van der Waals surface area contributed by atoms with E-state index in [1.165, 1.54) is 0 Å². The number of nitrogens with zero attached hydrogens (tertiary/aromatic N) is 1. The van der Waals surface area contributed by atoms with Crippen molar-refractivity contribution in [3.63, 3.8) is 0 Å². The third-order valence-corrected chi connectivity index (χ3v) is 4.17. The first kappa shape index (κ1) is 13.3. The van der Waals surface area contributed by atoms with Crippen molar-refractivity contribution in [2.75, 3.05) is 12.5 Å². The first-order chi connectivity index (χ1) is 8.58. The molecule has 0 aliphatic heterocycles. The van der Waals surface area contributed by atoms with E-state index in [2.05, 4.69) is 40.2 Å². The fourth-order valence-electron chi connectivity index (χ4n) is 2.13. The van der Waals surface area contributed by atoms with Gasteiger partial charge in [0.2, 0.25) is 0 Å². The molecule has 0 fully saturated rings. The van der Waals surface area contributed by atoms with Crippen LogP contribution < -0.4 is 11.3 Å². The molecule has 0 amide bonds. The van der Waals surface area contributed by atoms with E-state index in [0.29, 0.717) is 6.61 Å². The minimum absolute atomic E-state index is 0.471. The first-order valence-electron chi connectivity index (χ1n) is 5.63. The first-order valence-corrected chi connectivity index (χ1v) is 6.42. The van der Waals surface area contributed by atoms with Gasteiger partial charge in [0.1, 0.15) is 0 Å². The molecule has 0 atom stereocenters. The highest BCUT2D eigenvalue weighted by molar-refractivity contribution is 9.10. The Balaban J connectivity index is 2.79. The molecular weight excluding hydrogens is 294 g/mol. The number of hydrogen-bond donors (Lipinski definition) is 2. The zero-order chi connectivity index (χ0) is 13.3. The Hall–Kier alpha value is -1.17. The predicted molar refractivity (Wildman–Crippen MR) is 77.4 cm³/mol. The van der Waals surface area contributed by atoms with Gasteiger partial charge in [0.15, 0.2) is 0 Å². The van der Waals surface area contributed by atoms with Crippen LogP contribution in [0.5, 0.6) is 0 Å². The van der Waals surface area contributed by atoms with Gasteiger partial charge in [0.25, 0.3) is 0 Å². The molecule has 4 nitrogen and oxygen atoms in total. The van der Waals surface area contributed by atoms with E-state index in [1.807, 2.05) is 12.1 Å². The molecule has 2 aromatic rings. The number of aromatic nitrogens is 1. The highest BCUT2D eigenvalue weighted by Crippen LogP contribution is 2.33. The van der Waals surface area contributed by atoms with E-state index in [-0.39, 0.29) is 0 Å². The van der Waals surface area contributed by atoms with Crippen molar-refractivity contribution >= 4 is 32.5 Å². The van der Waals surface area contributed by atoms with Gasteiger partial charge in [-0.15, -0.1) is 0 Å². The van der Waals surface area contributed by atoms with Crippen molar-refractivity contribution in [3.05, 3.63) is 33.4 Å². The van der Waals surface area contributed by atoms with E-state index >= 15 is 0 Å². The highest BCUT2D eigenvalue weighted by atomic mass is 79.9. The number of benzene rings is 1. The lowest BCUT2D eigenvalue weighted by Gasteiger charge is -2.13. The number of hydrogen-bond acceptors (Lipinski definition) is 4. The molecule has 18 heavy (non-hydrogen) atoms. The maximum absolute atomic E-state index is 5.60. The number of fused-ring (bicyclic) bond motifs is 1. The fraction of sp³-hybridized carbons (Fsp3) is 0.308. The van der Waals surface area contributed by atoms with Crippen molar-refractivity contribution in [1.82, 2.24) is 4.98 Å². The van der Waals surface area contributed by atoms with Crippen LogP contribution in [0.2, 0.25) is 0 Å². The monoisotopic (exact) mass is 309 g/mol. The number of rotatable bonds is 3. The average molecular weight is 310 g/mol. The van der Waals surface area contributed by atoms with Gasteiger partial charge in [0, 0.05) is 17.0 Å². The summed E-state index contributed by atoms with van der Waals surface area (Å²) >= 11 is 3.59. The zero-order valence-corrected chi connectivity index (χ0v) is 12.3. The van der Waals surface area contributed by atoms with Crippen molar-refractivity contribution in [1.29, 1.82) is 0 Å². The summed E-state index contributed by atoms with van der Waals surface area (Å²) in [5.74, 6) is 5.60. The summed E-state index contributed by atoms with van der Waals surface area (Å²) in [5.41, 5.74) is 7.68. The largest absolute Gasteiger partial charge is 0.378 e. The third kappa shape index (κ3) is 2.21. The Morgan fingerprint density at radius 2 is 2.11 bits per heavy atom. The Labute approximate surface area is 115 Å². The summed E-state index contributed by atoms with van der Waals surface area (Å²) in [7, 11) is 1.65.